The Balaban J connectivity index is 2.50. The summed E-state index contributed by atoms with van der Waals surface area (Å²) in [6.07, 6.45) is 0. The van der Waals surface area contributed by atoms with Crippen molar-refractivity contribution in [2.75, 3.05) is 11.9 Å². The molecular formula is C12H14N4OS. The van der Waals surface area contributed by atoms with Gasteiger partial charge in [-0.15, -0.1) is 0 Å². The van der Waals surface area contributed by atoms with Crippen LogP contribution in [0.15, 0.2) is 18.2 Å². The van der Waals surface area contributed by atoms with E-state index in [1.807, 2.05) is 26.0 Å². The number of hydrogen-bond donors (Lipinski definition) is 3. The van der Waals surface area contributed by atoms with Crippen LogP contribution in [0, 0.1) is 20.4 Å². The zero-order valence-electron chi connectivity index (χ0n) is 10.2. The van der Waals surface area contributed by atoms with E-state index < -0.39 is 5.91 Å². The second-order valence-corrected chi connectivity index (χ2v) is 4.23. The van der Waals surface area contributed by atoms with Crippen LogP contribution in [0.1, 0.15) is 11.1 Å². The quantitative estimate of drug-likeness (QED) is 0.430. The van der Waals surface area contributed by atoms with Gasteiger partial charge in [-0.3, -0.25) is 15.6 Å². The number of rotatable bonds is 2. The molecule has 0 radical (unpaired) electrons. The third kappa shape index (κ3) is 4.80. The summed E-state index contributed by atoms with van der Waals surface area (Å²) in [5, 5.41) is 3.23. The van der Waals surface area contributed by atoms with E-state index in [1.54, 1.807) is 0 Å². The number of amides is 1. The highest BCUT2D eigenvalue weighted by atomic mass is 32.1. The lowest BCUT2D eigenvalue weighted by Crippen LogP contribution is -2.44. The topological polar surface area (TPSA) is 57.5 Å². The summed E-state index contributed by atoms with van der Waals surface area (Å²) in [7, 11) is 0. The van der Waals surface area contributed by atoms with Gasteiger partial charge in [0, 0.05) is 5.69 Å². The molecule has 1 amide bonds. The van der Waals surface area contributed by atoms with E-state index in [4.69, 9.17) is 18.8 Å². The summed E-state index contributed by atoms with van der Waals surface area (Å²) in [5.41, 5.74) is 7.95. The molecule has 0 aliphatic carbocycles. The molecule has 0 aromatic heterocycles. The molecule has 0 fully saturated rings. The molecule has 0 saturated carbocycles. The van der Waals surface area contributed by atoms with Gasteiger partial charge in [0.05, 0.1) is 0 Å². The van der Waals surface area contributed by atoms with Gasteiger partial charge < -0.3 is 10.2 Å². The summed E-state index contributed by atoms with van der Waals surface area (Å²) >= 11 is 5.01. The Morgan fingerprint density at radius 1 is 1.28 bits per heavy atom. The summed E-state index contributed by atoms with van der Waals surface area (Å²) in [6, 6.07) is 5.95. The smallest absolute Gasteiger partial charge is 0.318 e. The number of nitrogens with one attached hydrogen (secondary N) is 3. The zero-order chi connectivity index (χ0) is 13.5. The maximum atomic E-state index is 11.0. The highest BCUT2D eigenvalue weighted by Gasteiger charge is 2.04. The van der Waals surface area contributed by atoms with Gasteiger partial charge in [0.1, 0.15) is 0 Å². The van der Waals surface area contributed by atoms with Crippen LogP contribution in [0.3, 0.4) is 0 Å². The van der Waals surface area contributed by atoms with Crippen LogP contribution in [0.4, 0.5) is 5.69 Å². The molecule has 1 rings (SSSR count). The second-order valence-electron chi connectivity index (χ2n) is 3.82. The number of thiocarbonyl (C=S) groups is 1. The molecule has 1 aromatic rings. The Labute approximate surface area is 111 Å². The van der Waals surface area contributed by atoms with Gasteiger partial charge in [0.15, 0.2) is 5.11 Å². The average Bonchev–Trinajstić information content (AvgIpc) is 2.25. The predicted octanol–water partition coefficient (Wildman–Crippen LogP) is 1.54. The molecule has 5 nitrogen and oxygen atoms in total. The molecule has 0 aliphatic rings. The molecule has 1 aromatic carbocycles. The normalized spacial score (nSPS) is 9.17. The zero-order valence-corrected chi connectivity index (χ0v) is 11.0. The van der Waals surface area contributed by atoms with Crippen molar-refractivity contribution in [1.82, 2.24) is 10.9 Å². The van der Waals surface area contributed by atoms with Crippen LogP contribution in [0.25, 0.3) is 4.85 Å². The highest BCUT2D eigenvalue weighted by Crippen LogP contribution is 2.13. The van der Waals surface area contributed by atoms with Gasteiger partial charge in [0.25, 0.3) is 6.54 Å². The third-order valence-electron chi connectivity index (χ3n) is 2.02. The molecule has 0 saturated heterocycles. The highest BCUT2D eigenvalue weighted by molar-refractivity contribution is 7.80. The molecule has 0 heterocycles. The largest absolute Gasteiger partial charge is 0.331 e. The molecule has 0 bridgehead atoms. The summed E-state index contributed by atoms with van der Waals surface area (Å²) in [5.74, 6) is -0.422. The molecule has 0 aliphatic heterocycles. The Hall–Kier alpha value is -2.13. The minimum Gasteiger partial charge on any atom is -0.331 e. The number of aryl methyl sites for hydroxylation is 2. The molecule has 18 heavy (non-hydrogen) atoms. The van der Waals surface area contributed by atoms with Crippen molar-refractivity contribution in [3.63, 3.8) is 0 Å². The standard InChI is InChI=1S/C12H14N4OS/c1-8-4-9(2)6-10(5-8)14-12(18)16-15-11(17)7-13-3/h4-6H,7H2,1-2H3,(H,15,17)(H2,14,16,18). The van der Waals surface area contributed by atoms with E-state index in [-0.39, 0.29) is 11.7 Å². The first kappa shape index (κ1) is 13.9. The van der Waals surface area contributed by atoms with Gasteiger partial charge in [-0.1, -0.05) is 6.07 Å². The number of anilines is 1. The van der Waals surface area contributed by atoms with E-state index in [1.165, 1.54) is 0 Å². The first-order valence-electron chi connectivity index (χ1n) is 5.28. The Morgan fingerprint density at radius 2 is 1.89 bits per heavy atom. The van der Waals surface area contributed by atoms with Crippen LogP contribution in [0.5, 0.6) is 0 Å². The number of carbonyl (C=O) groups excluding carboxylic acids is 1. The molecule has 0 atom stereocenters. The number of nitrogens with zero attached hydrogens (tertiary/aromatic N) is 1. The lowest BCUT2D eigenvalue weighted by molar-refractivity contribution is -0.119. The van der Waals surface area contributed by atoms with Gasteiger partial charge in [-0.2, -0.15) is 0 Å². The minimum atomic E-state index is -0.422. The Bertz CT molecular complexity index is 487. The minimum absolute atomic E-state index is 0.223. The van der Waals surface area contributed by atoms with E-state index in [9.17, 15) is 4.79 Å². The average molecular weight is 262 g/mol. The maximum absolute atomic E-state index is 11.0. The van der Waals surface area contributed by atoms with E-state index in [2.05, 4.69) is 27.1 Å². The van der Waals surface area contributed by atoms with Crippen LogP contribution in [-0.2, 0) is 4.79 Å². The summed E-state index contributed by atoms with van der Waals surface area (Å²) < 4.78 is 0. The van der Waals surface area contributed by atoms with E-state index in [0.29, 0.717) is 0 Å². The first-order chi connectivity index (χ1) is 8.51. The lowest BCUT2D eigenvalue weighted by Gasteiger charge is -2.11. The fraction of sp³-hybridized carbons (Fsp3) is 0.250. The van der Waals surface area contributed by atoms with Gasteiger partial charge in [-0.25, -0.2) is 6.57 Å². The van der Waals surface area contributed by atoms with Crippen molar-refractivity contribution in [1.29, 1.82) is 0 Å². The van der Waals surface area contributed by atoms with Gasteiger partial charge in [0.2, 0.25) is 0 Å². The van der Waals surface area contributed by atoms with Crippen molar-refractivity contribution >= 4 is 28.9 Å². The number of hydrogen-bond acceptors (Lipinski definition) is 2. The molecule has 6 heteroatoms. The van der Waals surface area contributed by atoms with E-state index in [0.717, 1.165) is 16.8 Å². The monoisotopic (exact) mass is 262 g/mol. The fourth-order valence-electron chi connectivity index (χ4n) is 1.45. The van der Waals surface area contributed by atoms with Crippen molar-refractivity contribution in [3.8, 4) is 0 Å². The lowest BCUT2D eigenvalue weighted by atomic mass is 10.1. The second kappa shape index (κ2) is 6.57. The fourth-order valence-corrected chi connectivity index (χ4v) is 1.62. The molecule has 94 valence electrons. The van der Waals surface area contributed by atoms with Crippen molar-refractivity contribution < 1.29 is 4.79 Å². The van der Waals surface area contributed by atoms with Crippen molar-refractivity contribution in [3.05, 3.63) is 40.7 Å². The molecule has 3 N–H and O–H groups in total. The Kier molecular flexibility index (Phi) is 5.08. The van der Waals surface area contributed by atoms with Gasteiger partial charge >= 0.3 is 5.91 Å². The van der Waals surface area contributed by atoms with Crippen LogP contribution in [0.2, 0.25) is 0 Å². The predicted molar refractivity (Wildman–Crippen MR) is 74.9 cm³/mol. The van der Waals surface area contributed by atoms with Crippen molar-refractivity contribution in [2.45, 2.75) is 13.8 Å². The van der Waals surface area contributed by atoms with Crippen LogP contribution in [-0.4, -0.2) is 17.6 Å². The molecular weight excluding hydrogens is 248 g/mol. The SMILES string of the molecule is [C-]#[N+]CC(=O)NNC(=S)Nc1cc(C)cc(C)c1. The molecule has 0 spiro atoms. The summed E-state index contributed by atoms with van der Waals surface area (Å²) in [4.78, 5) is 14.0. The molecule has 0 unspecified atom stereocenters. The summed E-state index contributed by atoms with van der Waals surface area (Å²) in [6.45, 7) is 10.3. The Morgan fingerprint density at radius 3 is 2.44 bits per heavy atom. The van der Waals surface area contributed by atoms with E-state index >= 15 is 0 Å². The van der Waals surface area contributed by atoms with Crippen LogP contribution >= 0.6 is 12.2 Å². The number of hydrazine groups is 1. The van der Waals surface area contributed by atoms with Gasteiger partial charge in [-0.05, 0) is 49.3 Å². The first-order valence-corrected chi connectivity index (χ1v) is 5.69. The number of benzene rings is 1. The van der Waals surface area contributed by atoms with Crippen LogP contribution < -0.4 is 16.2 Å². The number of carbonyl (C=O) groups is 1. The maximum Gasteiger partial charge on any atom is 0.318 e. The third-order valence-corrected chi connectivity index (χ3v) is 2.22. The van der Waals surface area contributed by atoms with Crippen molar-refractivity contribution in [2.24, 2.45) is 0 Å².